The summed E-state index contributed by atoms with van der Waals surface area (Å²) in [4.78, 5) is 10.0. The van der Waals surface area contributed by atoms with Gasteiger partial charge in [-0.2, -0.15) is 0 Å². The molecule has 3 atom stereocenters. The van der Waals surface area contributed by atoms with Crippen molar-refractivity contribution in [3.05, 3.63) is 37.0 Å². The first-order valence-corrected chi connectivity index (χ1v) is 12.9. The molecule has 5 heteroatoms. The molecule has 3 aliphatic rings. The Labute approximate surface area is 197 Å². The van der Waals surface area contributed by atoms with Gasteiger partial charge in [0.1, 0.15) is 0 Å². The summed E-state index contributed by atoms with van der Waals surface area (Å²) in [6.07, 6.45) is 5.77. The Morgan fingerprint density at radius 3 is 1.97 bits per heavy atom. The SMILES string of the molecule is C=C[C@]1(C)CC[C@@H](C(=C)CN2CCN(CC)CC2)C[C@H]1C(=C)CN1CCN(CCO)CC1. The standard InChI is InChI=1S/C27H48N4O/c1-6-27(5)9-8-25(23(3)21-30-14-10-28(7-2)11-15-30)20-26(27)24(4)22-31-16-12-29(13-17-31)18-19-32/h6,25-26,32H,1,3-4,7-22H2,2,5H3/t25-,26+,27-/m1/s1. The van der Waals surface area contributed by atoms with Crippen molar-refractivity contribution in [3.8, 4) is 0 Å². The fourth-order valence-electron chi connectivity index (χ4n) is 5.97. The summed E-state index contributed by atoms with van der Waals surface area (Å²) in [6.45, 7) is 31.2. The molecule has 3 fully saturated rings. The number of hydrogen-bond donors (Lipinski definition) is 1. The minimum absolute atomic E-state index is 0.138. The molecule has 1 aliphatic carbocycles. The summed E-state index contributed by atoms with van der Waals surface area (Å²) in [6, 6.07) is 0. The van der Waals surface area contributed by atoms with Crippen LogP contribution in [-0.4, -0.2) is 110 Å². The Balaban J connectivity index is 1.54. The normalized spacial score (nSPS) is 31.5. The molecule has 0 bridgehead atoms. The number of aliphatic hydroxyl groups excluding tert-OH is 1. The van der Waals surface area contributed by atoms with E-state index < -0.39 is 0 Å². The molecule has 3 rings (SSSR count). The summed E-state index contributed by atoms with van der Waals surface area (Å²) in [5, 5.41) is 9.19. The van der Waals surface area contributed by atoms with Crippen molar-refractivity contribution < 1.29 is 5.11 Å². The number of piperazine rings is 2. The van der Waals surface area contributed by atoms with Crippen LogP contribution < -0.4 is 0 Å². The lowest BCUT2D eigenvalue weighted by atomic mass is 9.61. The van der Waals surface area contributed by atoms with Gasteiger partial charge in [0.2, 0.25) is 0 Å². The summed E-state index contributed by atoms with van der Waals surface area (Å²) >= 11 is 0. The van der Waals surface area contributed by atoms with E-state index in [0.717, 1.165) is 52.4 Å². The van der Waals surface area contributed by atoms with Crippen molar-refractivity contribution in [2.75, 3.05) is 85.1 Å². The van der Waals surface area contributed by atoms with Gasteiger partial charge in [-0.25, -0.2) is 0 Å². The van der Waals surface area contributed by atoms with Crippen LogP contribution >= 0.6 is 0 Å². The molecule has 0 unspecified atom stereocenters. The highest BCUT2D eigenvalue weighted by atomic mass is 16.3. The van der Waals surface area contributed by atoms with Crippen LogP contribution in [0.5, 0.6) is 0 Å². The second-order valence-corrected chi connectivity index (χ2v) is 10.6. The molecule has 0 amide bonds. The number of likely N-dealkylation sites (N-methyl/N-ethyl adjacent to an activating group) is 1. The quantitative estimate of drug-likeness (QED) is 0.524. The van der Waals surface area contributed by atoms with Crippen molar-refractivity contribution in [2.24, 2.45) is 17.3 Å². The Bertz CT molecular complexity index is 634. The number of hydrogen-bond acceptors (Lipinski definition) is 5. The van der Waals surface area contributed by atoms with Crippen LogP contribution in [0.2, 0.25) is 0 Å². The Kier molecular flexibility index (Phi) is 9.56. The zero-order valence-electron chi connectivity index (χ0n) is 20.9. The van der Waals surface area contributed by atoms with Crippen molar-refractivity contribution in [1.29, 1.82) is 0 Å². The third-order valence-electron chi connectivity index (χ3n) is 8.53. The molecule has 0 aromatic carbocycles. The second-order valence-electron chi connectivity index (χ2n) is 10.6. The summed E-state index contributed by atoms with van der Waals surface area (Å²) in [5.41, 5.74) is 2.94. The van der Waals surface area contributed by atoms with Gasteiger partial charge in [0.05, 0.1) is 6.61 Å². The first-order valence-electron chi connectivity index (χ1n) is 12.9. The first kappa shape index (κ1) is 25.6. The molecule has 0 aromatic rings. The largest absolute Gasteiger partial charge is 0.395 e. The molecule has 2 aliphatic heterocycles. The molecule has 2 heterocycles. The van der Waals surface area contributed by atoms with E-state index in [-0.39, 0.29) is 12.0 Å². The number of β-amino-alcohol motifs (C(OH)–C–C–N with tert-alkyl or cyclic N) is 1. The van der Waals surface area contributed by atoms with E-state index in [1.165, 1.54) is 56.6 Å². The zero-order chi connectivity index (χ0) is 23.1. The lowest BCUT2D eigenvalue weighted by Crippen LogP contribution is -2.48. The molecular weight excluding hydrogens is 396 g/mol. The lowest BCUT2D eigenvalue weighted by molar-refractivity contribution is 0.107. The van der Waals surface area contributed by atoms with Gasteiger partial charge in [0.15, 0.2) is 0 Å². The first-order chi connectivity index (χ1) is 15.4. The molecule has 0 aromatic heterocycles. The van der Waals surface area contributed by atoms with E-state index in [0.29, 0.717) is 11.8 Å². The molecule has 182 valence electrons. The average Bonchev–Trinajstić information content (AvgIpc) is 2.81. The van der Waals surface area contributed by atoms with Gasteiger partial charge >= 0.3 is 0 Å². The Morgan fingerprint density at radius 2 is 1.44 bits per heavy atom. The van der Waals surface area contributed by atoms with E-state index in [4.69, 9.17) is 0 Å². The molecular formula is C27H48N4O. The van der Waals surface area contributed by atoms with E-state index in [1.54, 1.807) is 0 Å². The Hall–Kier alpha value is -0.980. The number of allylic oxidation sites excluding steroid dienone is 1. The minimum atomic E-state index is 0.138. The topological polar surface area (TPSA) is 33.2 Å². The second kappa shape index (κ2) is 11.9. The smallest absolute Gasteiger partial charge is 0.0558 e. The van der Waals surface area contributed by atoms with Gasteiger partial charge in [-0.15, -0.1) is 6.58 Å². The number of nitrogens with zero attached hydrogens (tertiary/aromatic N) is 4. The molecule has 5 nitrogen and oxygen atoms in total. The maximum atomic E-state index is 9.19. The van der Waals surface area contributed by atoms with Gasteiger partial charge < -0.3 is 10.0 Å². The van der Waals surface area contributed by atoms with Crippen LogP contribution in [0, 0.1) is 17.3 Å². The molecule has 1 N–H and O–H groups in total. The maximum Gasteiger partial charge on any atom is 0.0558 e. The Morgan fingerprint density at radius 1 is 0.906 bits per heavy atom. The van der Waals surface area contributed by atoms with Crippen LogP contribution in [-0.2, 0) is 0 Å². The van der Waals surface area contributed by atoms with Crippen molar-refractivity contribution >= 4 is 0 Å². The van der Waals surface area contributed by atoms with Crippen LogP contribution in [0.1, 0.15) is 33.1 Å². The van der Waals surface area contributed by atoms with Crippen LogP contribution in [0.25, 0.3) is 0 Å². The highest BCUT2D eigenvalue weighted by Crippen LogP contribution is 2.49. The third kappa shape index (κ3) is 6.54. The summed E-state index contributed by atoms with van der Waals surface area (Å²) in [7, 11) is 0. The van der Waals surface area contributed by atoms with Crippen molar-refractivity contribution in [1.82, 2.24) is 19.6 Å². The molecule has 32 heavy (non-hydrogen) atoms. The fourth-order valence-corrected chi connectivity index (χ4v) is 5.97. The predicted octanol–water partition coefficient (Wildman–Crippen LogP) is 2.95. The van der Waals surface area contributed by atoms with E-state index in [1.807, 2.05) is 0 Å². The third-order valence-corrected chi connectivity index (χ3v) is 8.53. The van der Waals surface area contributed by atoms with Gasteiger partial charge in [0.25, 0.3) is 0 Å². The number of aliphatic hydroxyl groups is 1. The molecule has 0 radical (unpaired) electrons. The highest BCUT2D eigenvalue weighted by Gasteiger charge is 2.40. The van der Waals surface area contributed by atoms with Gasteiger partial charge in [-0.3, -0.25) is 14.7 Å². The van der Waals surface area contributed by atoms with E-state index in [9.17, 15) is 5.11 Å². The molecule has 0 spiro atoms. The van der Waals surface area contributed by atoms with Gasteiger partial charge in [-0.05, 0) is 43.1 Å². The fraction of sp³-hybridized carbons (Fsp3) is 0.778. The van der Waals surface area contributed by atoms with Crippen molar-refractivity contribution in [3.63, 3.8) is 0 Å². The minimum Gasteiger partial charge on any atom is -0.395 e. The van der Waals surface area contributed by atoms with Crippen LogP contribution in [0.3, 0.4) is 0 Å². The monoisotopic (exact) mass is 444 g/mol. The summed E-state index contributed by atoms with van der Waals surface area (Å²) in [5.74, 6) is 1.07. The average molecular weight is 445 g/mol. The van der Waals surface area contributed by atoms with Gasteiger partial charge in [0, 0.05) is 72.0 Å². The van der Waals surface area contributed by atoms with Gasteiger partial charge in [-0.1, -0.05) is 44.2 Å². The van der Waals surface area contributed by atoms with Crippen LogP contribution in [0.4, 0.5) is 0 Å². The lowest BCUT2D eigenvalue weighted by Gasteiger charge is -2.46. The summed E-state index contributed by atoms with van der Waals surface area (Å²) < 4.78 is 0. The number of rotatable bonds is 10. The van der Waals surface area contributed by atoms with Crippen molar-refractivity contribution in [2.45, 2.75) is 33.1 Å². The van der Waals surface area contributed by atoms with E-state index in [2.05, 4.69) is 59.3 Å². The highest BCUT2D eigenvalue weighted by molar-refractivity contribution is 5.19. The maximum absolute atomic E-state index is 9.19. The molecule has 1 saturated carbocycles. The van der Waals surface area contributed by atoms with Crippen LogP contribution in [0.15, 0.2) is 37.0 Å². The molecule has 2 saturated heterocycles. The zero-order valence-corrected chi connectivity index (χ0v) is 20.9. The van der Waals surface area contributed by atoms with E-state index >= 15 is 0 Å². The predicted molar refractivity (Wildman–Crippen MR) is 136 cm³/mol.